The lowest BCUT2D eigenvalue weighted by Gasteiger charge is -2.24. The van der Waals surface area contributed by atoms with Crippen LogP contribution in [-0.4, -0.2) is 42.3 Å². The minimum Gasteiger partial charge on any atom is -0.486 e. The molecule has 0 spiro atoms. The van der Waals surface area contributed by atoms with E-state index in [1.54, 1.807) is 0 Å². The van der Waals surface area contributed by atoms with E-state index in [0.29, 0.717) is 77.9 Å². The number of hydrogen-bond acceptors (Lipinski definition) is 5. The van der Waals surface area contributed by atoms with Crippen molar-refractivity contribution < 1.29 is 28.2 Å². The van der Waals surface area contributed by atoms with E-state index in [-0.39, 0.29) is 23.4 Å². The number of ether oxygens (including phenoxy) is 2. The number of carboxylic acids is 1. The Bertz CT molecular complexity index is 1600. The molecule has 8 heteroatoms. The van der Waals surface area contributed by atoms with Gasteiger partial charge in [0.2, 0.25) is 0 Å². The van der Waals surface area contributed by atoms with Crippen LogP contribution >= 0.6 is 11.6 Å². The van der Waals surface area contributed by atoms with E-state index in [1.807, 2.05) is 48.5 Å². The van der Waals surface area contributed by atoms with Crippen molar-refractivity contribution in [3.63, 3.8) is 0 Å². The van der Waals surface area contributed by atoms with Crippen LogP contribution in [-0.2, 0) is 11.2 Å². The Labute approximate surface area is 223 Å². The van der Waals surface area contributed by atoms with Crippen molar-refractivity contribution in [3.05, 3.63) is 70.5 Å². The van der Waals surface area contributed by atoms with Gasteiger partial charge in [-0.25, -0.2) is 4.39 Å². The highest BCUT2D eigenvalue weighted by atomic mass is 35.5. The van der Waals surface area contributed by atoms with Crippen molar-refractivity contribution in [2.75, 3.05) is 26.3 Å². The summed E-state index contributed by atoms with van der Waals surface area (Å²) in [5.74, 6) is 0.422. The zero-order valence-corrected chi connectivity index (χ0v) is 21.3. The first-order chi connectivity index (χ1) is 18.5. The molecule has 1 N–H and O–H groups in total. The Morgan fingerprint density at radius 2 is 1.84 bits per heavy atom. The molecule has 1 saturated heterocycles. The third-order valence-electron chi connectivity index (χ3n) is 8.04. The van der Waals surface area contributed by atoms with Crippen molar-refractivity contribution in [2.45, 2.75) is 25.3 Å². The Morgan fingerprint density at radius 3 is 2.66 bits per heavy atom. The molecule has 1 fully saturated rings. The van der Waals surface area contributed by atoms with Crippen molar-refractivity contribution in [1.29, 1.82) is 0 Å². The molecule has 194 valence electrons. The SMILES string of the molecule is O=C(O)C1CCN(C2CCc3c2cc2cc(-c4cccc(-c5ccc6c(c5)OCCO6)c4Cl)oc2c3F)C1. The molecule has 1 aromatic heterocycles. The zero-order valence-electron chi connectivity index (χ0n) is 20.5. The van der Waals surface area contributed by atoms with Gasteiger partial charge in [0.15, 0.2) is 22.9 Å². The zero-order chi connectivity index (χ0) is 26.0. The van der Waals surface area contributed by atoms with Gasteiger partial charge in [-0.1, -0.05) is 29.8 Å². The van der Waals surface area contributed by atoms with E-state index in [1.165, 1.54) is 0 Å². The van der Waals surface area contributed by atoms with Gasteiger partial charge >= 0.3 is 5.97 Å². The summed E-state index contributed by atoms with van der Waals surface area (Å²) in [7, 11) is 0. The van der Waals surface area contributed by atoms with Gasteiger partial charge in [-0.15, -0.1) is 0 Å². The molecule has 2 unspecified atom stereocenters. The molecule has 0 amide bonds. The fourth-order valence-corrected chi connectivity index (χ4v) is 6.46. The average Bonchev–Trinajstić information content (AvgIpc) is 3.67. The molecule has 0 radical (unpaired) electrons. The molecular weight excluding hydrogens is 509 g/mol. The van der Waals surface area contributed by atoms with E-state index in [2.05, 4.69) is 4.90 Å². The second kappa shape index (κ2) is 9.03. The van der Waals surface area contributed by atoms with Gasteiger partial charge in [-0.05, 0) is 72.8 Å². The fraction of sp³-hybridized carbons (Fsp3) is 0.300. The summed E-state index contributed by atoms with van der Waals surface area (Å²) in [5.41, 5.74) is 4.20. The summed E-state index contributed by atoms with van der Waals surface area (Å²) in [6.07, 6.45) is 2.01. The number of fused-ring (bicyclic) bond motifs is 3. The molecule has 0 bridgehead atoms. The van der Waals surface area contributed by atoms with Crippen molar-refractivity contribution in [3.8, 4) is 33.9 Å². The first-order valence-corrected chi connectivity index (χ1v) is 13.3. The van der Waals surface area contributed by atoms with Gasteiger partial charge in [-0.2, -0.15) is 0 Å². The minimum absolute atomic E-state index is 0.0220. The monoisotopic (exact) mass is 533 g/mol. The number of carbonyl (C=O) groups is 1. The summed E-state index contributed by atoms with van der Waals surface area (Å²) in [6, 6.07) is 15.3. The van der Waals surface area contributed by atoms with Gasteiger partial charge < -0.3 is 19.0 Å². The van der Waals surface area contributed by atoms with Crippen LogP contribution < -0.4 is 9.47 Å². The summed E-state index contributed by atoms with van der Waals surface area (Å²) in [5, 5.41) is 10.6. The standard InChI is InChI=1S/C30H25ClFNO5/c31-27-19(16-4-7-24-26(13-16)37-11-10-36-24)2-1-3-21(27)25-14-18-12-22-20(28(32)29(18)38-25)5-6-23(22)33-9-8-17(15-33)30(34)35/h1-4,7,12-14,17,23H,5-6,8-11,15H2,(H,34,35). The van der Waals surface area contributed by atoms with E-state index in [0.717, 1.165) is 23.1 Å². The average molecular weight is 534 g/mol. The number of nitrogens with zero attached hydrogens (tertiary/aromatic N) is 1. The van der Waals surface area contributed by atoms with Crippen LogP contribution in [0.2, 0.25) is 5.02 Å². The lowest BCUT2D eigenvalue weighted by atomic mass is 10.0. The third-order valence-corrected chi connectivity index (χ3v) is 8.45. The maximum Gasteiger partial charge on any atom is 0.307 e. The maximum atomic E-state index is 15.7. The Balaban J connectivity index is 1.25. The van der Waals surface area contributed by atoms with Gasteiger partial charge in [0.1, 0.15) is 19.0 Å². The second-order valence-corrected chi connectivity index (χ2v) is 10.6. The van der Waals surface area contributed by atoms with Crippen LogP contribution in [0, 0.1) is 11.7 Å². The largest absolute Gasteiger partial charge is 0.486 e. The number of aliphatic carboxylic acids is 1. The number of furan rings is 1. The number of likely N-dealkylation sites (tertiary alicyclic amines) is 1. The van der Waals surface area contributed by atoms with Crippen molar-refractivity contribution in [1.82, 2.24) is 4.90 Å². The Kier molecular flexibility index (Phi) is 5.60. The van der Waals surface area contributed by atoms with Gasteiger partial charge in [-0.3, -0.25) is 9.69 Å². The molecule has 38 heavy (non-hydrogen) atoms. The molecule has 0 saturated carbocycles. The fourth-order valence-electron chi connectivity index (χ4n) is 6.13. The summed E-state index contributed by atoms with van der Waals surface area (Å²) >= 11 is 6.90. The normalized spacial score (nSPS) is 20.7. The first kappa shape index (κ1) is 23.6. The van der Waals surface area contributed by atoms with Crippen LogP contribution in [0.3, 0.4) is 0 Å². The minimum atomic E-state index is -0.762. The van der Waals surface area contributed by atoms with Gasteiger partial charge in [0, 0.05) is 29.1 Å². The summed E-state index contributed by atoms with van der Waals surface area (Å²) in [6.45, 7) is 2.23. The van der Waals surface area contributed by atoms with Gasteiger partial charge in [0.05, 0.1) is 10.9 Å². The predicted molar refractivity (Wildman–Crippen MR) is 141 cm³/mol. The Morgan fingerprint density at radius 1 is 1.03 bits per heavy atom. The lowest BCUT2D eigenvalue weighted by molar-refractivity contribution is -0.141. The number of hydrogen-bond donors (Lipinski definition) is 1. The van der Waals surface area contributed by atoms with E-state index in [9.17, 15) is 9.90 Å². The first-order valence-electron chi connectivity index (χ1n) is 12.9. The highest BCUT2D eigenvalue weighted by Gasteiger charge is 2.37. The number of rotatable bonds is 4. The van der Waals surface area contributed by atoms with Crippen molar-refractivity contribution >= 4 is 28.5 Å². The summed E-state index contributed by atoms with van der Waals surface area (Å²) in [4.78, 5) is 13.6. The predicted octanol–water partition coefficient (Wildman–Crippen LogP) is 6.72. The van der Waals surface area contributed by atoms with Gasteiger partial charge in [0.25, 0.3) is 0 Å². The molecule has 4 aromatic rings. The molecule has 3 aliphatic rings. The maximum absolute atomic E-state index is 15.7. The number of benzene rings is 3. The smallest absolute Gasteiger partial charge is 0.307 e. The second-order valence-electron chi connectivity index (χ2n) is 10.2. The molecule has 1 aliphatic carbocycles. The van der Waals surface area contributed by atoms with Crippen molar-refractivity contribution in [2.24, 2.45) is 5.92 Å². The molecule has 2 atom stereocenters. The van der Waals surface area contributed by atoms with E-state index < -0.39 is 5.97 Å². The Hall–Kier alpha value is -3.55. The van der Waals surface area contributed by atoms with Crippen LogP contribution in [0.15, 0.2) is 52.9 Å². The number of carboxylic acid groups (broad SMARTS) is 1. The molecule has 7 rings (SSSR count). The molecule has 3 heterocycles. The van der Waals surface area contributed by atoms with Crippen LogP contribution in [0.5, 0.6) is 11.5 Å². The van der Waals surface area contributed by atoms with Crippen LogP contribution in [0.4, 0.5) is 4.39 Å². The summed E-state index contributed by atoms with van der Waals surface area (Å²) < 4.78 is 33.2. The number of halogens is 2. The molecule has 6 nitrogen and oxygen atoms in total. The highest BCUT2D eigenvalue weighted by Crippen LogP contribution is 2.45. The molecule has 2 aliphatic heterocycles. The van der Waals surface area contributed by atoms with Crippen LogP contribution in [0.1, 0.15) is 30.0 Å². The topological polar surface area (TPSA) is 72.1 Å². The third kappa shape index (κ3) is 3.76. The van der Waals surface area contributed by atoms with Crippen LogP contribution in [0.25, 0.3) is 33.4 Å². The molecular formula is C30H25ClFNO5. The van der Waals surface area contributed by atoms with E-state index in [4.69, 9.17) is 25.5 Å². The lowest BCUT2D eigenvalue weighted by Crippen LogP contribution is -2.26. The van der Waals surface area contributed by atoms with E-state index >= 15 is 4.39 Å². The highest BCUT2D eigenvalue weighted by molar-refractivity contribution is 6.36. The molecule has 3 aromatic carbocycles. The quantitative estimate of drug-likeness (QED) is 0.314.